The fourth-order valence-corrected chi connectivity index (χ4v) is 2.65. The molecule has 2 N–H and O–H groups in total. The van der Waals surface area contributed by atoms with Gasteiger partial charge in [0.15, 0.2) is 0 Å². The van der Waals surface area contributed by atoms with Gasteiger partial charge in [0, 0.05) is 12.1 Å². The minimum Gasteiger partial charge on any atom is -0.497 e. The molecule has 0 radical (unpaired) electrons. The number of methoxy groups -OCH3 is 1. The summed E-state index contributed by atoms with van der Waals surface area (Å²) in [6.07, 6.45) is 3.43. The van der Waals surface area contributed by atoms with Gasteiger partial charge in [-0.1, -0.05) is 32.4 Å². The quantitative estimate of drug-likeness (QED) is 0.754. The normalized spacial score (nSPS) is 14.3. The van der Waals surface area contributed by atoms with E-state index in [4.69, 9.17) is 10.5 Å². The lowest BCUT2D eigenvalue weighted by atomic mass is 9.90. The fraction of sp³-hybridized carbons (Fsp3) is 0.647. The third kappa shape index (κ3) is 4.50. The van der Waals surface area contributed by atoms with Crippen LogP contribution >= 0.6 is 0 Å². The van der Waals surface area contributed by atoms with Gasteiger partial charge in [-0.2, -0.15) is 0 Å². The van der Waals surface area contributed by atoms with Gasteiger partial charge in [0.1, 0.15) is 5.75 Å². The van der Waals surface area contributed by atoms with Crippen molar-refractivity contribution in [2.45, 2.75) is 45.6 Å². The number of nitrogens with zero attached hydrogens (tertiary/aromatic N) is 1. The Morgan fingerprint density at radius 3 is 2.30 bits per heavy atom. The van der Waals surface area contributed by atoms with E-state index in [9.17, 15) is 0 Å². The van der Waals surface area contributed by atoms with Crippen LogP contribution in [0.3, 0.4) is 0 Å². The number of hydrogen-bond donors (Lipinski definition) is 1. The molecular weight excluding hydrogens is 248 g/mol. The van der Waals surface area contributed by atoms with Crippen LogP contribution in [0, 0.1) is 0 Å². The Balaban J connectivity index is 2.80. The molecule has 0 saturated carbocycles. The molecule has 0 amide bonds. The second kappa shape index (κ2) is 8.28. The Morgan fingerprint density at radius 2 is 1.85 bits per heavy atom. The minimum atomic E-state index is 0.0263. The first-order valence-corrected chi connectivity index (χ1v) is 7.67. The topological polar surface area (TPSA) is 38.5 Å². The Bertz CT molecular complexity index is 377. The van der Waals surface area contributed by atoms with E-state index < -0.39 is 0 Å². The van der Waals surface area contributed by atoms with Crippen LogP contribution in [0.1, 0.15) is 39.2 Å². The predicted molar refractivity (Wildman–Crippen MR) is 86.3 cm³/mol. The standard InChI is InChI=1S/C17H30N2O/c1-5-7-12-19(6-2)17(3,14-18)13-15-8-10-16(20-4)11-9-15/h8-11H,5-7,12-14,18H2,1-4H3. The highest BCUT2D eigenvalue weighted by molar-refractivity contribution is 5.28. The second-order valence-electron chi connectivity index (χ2n) is 5.66. The number of likely N-dealkylation sites (N-methyl/N-ethyl adjacent to an activating group) is 1. The van der Waals surface area contributed by atoms with Crippen molar-refractivity contribution in [3.63, 3.8) is 0 Å². The zero-order valence-electron chi connectivity index (χ0n) is 13.5. The summed E-state index contributed by atoms with van der Waals surface area (Å²) in [6, 6.07) is 8.32. The van der Waals surface area contributed by atoms with E-state index in [1.165, 1.54) is 18.4 Å². The van der Waals surface area contributed by atoms with Gasteiger partial charge < -0.3 is 10.5 Å². The average Bonchev–Trinajstić information content (AvgIpc) is 2.48. The van der Waals surface area contributed by atoms with E-state index in [0.29, 0.717) is 6.54 Å². The predicted octanol–water partition coefficient (Wildman–Crippen LogP) is 3.08. The molecule has 1 aromatic rings. The summed E-state index contributed by atoms with van der Waals surface area (Å²) >= 11 is 0. The lowest BCUT2D eigenvalue weighted by molar-refractivity contribution is 0.115. The Labute approximate surface area is 124 Å². The summed E-state index contributed by atoms with van der Waals surface area (Å²) in [5.41, 5.74) is 7.43. The van der Waals surface area contributed by atoms with Gasteiger partial charge in [0.2, 0.25) is 0 Å². The van der Waals surface area contributed by atoms with E-state index in [-0.39, 0.29) is 5.54 Å². The number of rotatable bonds is 9. The molecule has 1 rings (SSSR count). The van der Waals surface area contributed by atoms with Crippen LogP contribution in [0.2, 0.25) is 0 Å². The molecule has 1 unspecified atom stereocenters. The zero-order chi connectivity index (χ0) is 15.0. The molecule has 20 heavy (non-hydrogen) atoms. The van der Waals surface area contributed by atoms with E-state index in [1.807, 2.05) is 12.1 Å². The van der Waals surface area contributed by atoms with E-state index in [2.05, 4.69) is 37.8 Å². The average molecular weight is 278 g/mol. The van der Waals surface area contributed by atoms with E-state index in [0.717, 1.165) is 25.3 Å². The van der Waals surface area contributed by atoms with Gasteiger partial charge in [0.25, 0.3) is 0 Å². The van der Waals surface area contributed by atoms with Gasteiger partial charge >= 0.3 is 0 Å². The highest BCUT2D eigenvalue weighted by Gasteiger charge is 2.29. The van der Waals surface area contributed by atoms with Crippen LogP contribution in [-0.4, -0.2) is 37.2 Å². The largest absolute Gasteiger partial charge is 0.497 e. The molecule has 0 saturated heterocycles. The fourth-order valence-electron chi connectivity index (χ4n) is 2.65. The third-order valence-electron chi connectivity index (χ3n) is 4.11. The molecule has 0 aliphatic heterocycles. The maximum Gasteiger partial charge on any atom is 0.118 e. The SMILES string of the molecule is CCCCN(CC)C(C)(CN)Cc1ccc(OC)cc1. The molecule has 1 atom stereocenters. The number of hydrogen-bond acceptors (Lipinski definition) is 3. The Hall–Kier alpha value is -1.06. The summed E-state index contributed by atoms with van der Waals surface area (Å²) in [4.78, 5) is 2.51. The molecule has 0 spiro atoms. The highest BCUT2D eigenvalue weighted by Crippen LogP contribution is 2.22. The smallest absolute Gasteiger partial charge is 0.118 e. The molecule has 0 heterocycles. The number of benzene rings is 1. The van der Waals surface area contributed by atoms with E-state index in [1.54, 1.807) is 7.11 Å². The second-order valence-corrected chi connectivity index (χ2v) is 5.66. The molecule has 3 nitrogen and oxygen atoms in total. The van der Waals surface area contributed by atoms with Crippen LogP contribution in [0.15, 0.2) is 24.3 Å². The lowest BCUT2D eigenvalue weighted by Crippen LogP contribution is -2.53. The summed E-state index contributed by atoms with van der Waals surface area (Å²) in [7, 11) is 1.70. The van der Waals surface area contributed by atoms with Gasteiger partial charge in [-0.15, -0.1) is 0 Å². The number of unbranched alkanes of at least 4 members (excludes halogenated alkanes) is 1. The van der Waals surface area contributed by atoms with Crippen LogP contribution in [-0.2, 0) is 6.42 Å². The molecule has 0 aromatic heterocycles. The number of ether oxygens (including phenoxy) is 1. The van der Waals surface area contributed by atoms with Gasteiger partial charge in [-0.3, -0.25) is 4.90 Å². The van der Waals surface area contributed by atoms with Crippen LogP contribution in [0.4, 0.5) is 0 Å². The summed E-state index contributed by atoms with van der Waals surface area (Å²) in [5, 5.41) is 0. The highest BCUT2D eigenvalue weighted by atomic mass is 16.5. The van der Waals surface area contributed by atoms with Crippen molar-refractivity contribution in [3.8, 4) is 5.75 Å². The Kier molecular flexibility index (Phi) is 7.03. The molecule has 0 aliphatic carbocycles. The van der Waals surface area contributed by atoms with Crippen molar-refractivity contribution in [1.29, 1.82) is 0 Å². The monoisotopic (exact) mass is 278 g/mol. The molecule has 114 valence electrons. The van der Waals surface area contributed by atoms with Crippen molar-refractivity contribution in [3.05, 3.63) is 29.8 Å². The number of nitrogens with two attached hydrogens (primary N) is 1. The first kappa shape index (κ1) is 17.0. The molecule has 0 aliphatic rings. The molecule has 3 heteroatoms. The van der Waals surface area contributed by atoms with Gasteiger partial charge in [-0.05, 0) is 50.6 Å². The molecule has 0 fully saturated rings. The maximum atomic E-state index is 6.09. The van der Waals surface area contributed by atoms with Crippen LogP contribution < -0.4 is 10.5 Å². The van der Waals surface area contributed by atoms with Crippen molar-refractivity contribution in [2.24, 2.45) is 5.73 Å². The van der Waals surface area contributed by atoms with Crippen molar-refractivity contribution < 1.29 is 4.74 Å². The van der Waals surface area contributed by atoms with Gasteiger partial charge in [-0.25, -0.2) is 0 Å². The Morgan fingerprint density at radius 1 is 1.20 bits per heavy atom. The summed E-state index contributed by atoms with van der Waals surface area (Å²) in [6.45, 7) is 9.57. The molecule has 0 bridgehead atoms. The first-order chi connectivity index (χ1) is 9.59. The van der Waals surface area contributed by atoms with E-state index >= 15 is 0 Å². The zero-order valence-corrected chi connectivity index (χ0v) is 13.5. The summed E-state index contributed by atoms with van der Waals surface area (Å²) in [5.74, 6) is 0.904. The third-order valence-corrected chi connectivity index (χ3v) is 4.11. The lowest BCUT2D eigenvalue weighted by Gasteiger charge is -2.40. The summed E-state index contributed by atoms with van der Waals surface area (Å²) < 4.78 is 5.21. The van der Waals surface area contributed by atoms with Crippen molar-refractivity contribution in [1.82, 2.24) is 4.90 Å². The minimum absolute atomic E-state index is 0.0263. The van der Waals surface area contributed by atoms with Crippen LogP contribution in [0.5, 0.6) is 5.75 Å². The maximum absolute atomic E-state index is 6.09. The first-order valence-electron chi connectivity index (χ1n) is 7.67. The molecular formula is C17H30N2O. The van der Waals surface area contributed by atoms with Crippen molar-refractivity contribution >= 4 is 0 Å². The van der Waals surface area contributed by atoms with Crippen molar-refractivity contribution in [2.75, 3.05) is 26.7 Å². The van der Waals surface area contributed by atoms with Gasteiger partial charge in [0.05, 0.1) is 7.11 Å². The van der Waals surface area contributed by atoms with Crippen LogP contribution in [0.25, 0.3) is 0 Å². The molecule has 1 aromatic carbocycles.